The summed E-state index contributed by atoms with van der Waals surface area (Å²) in [7, 11) is 0. The fourth-order valence-electron chi connectivity index (χ4n) is 3.39. The molecule has 1 aliphatic rings. The van der Waals surface area contributed by atoms with Gasteiger partial charge in [-0.1, -0.05) is 30.3 Å². The molecule has 172 valence electrons. The van der Waals surface area contributed by atoms with Crippen molar-refractivity contribution in [3.63, 3.8) is 0 Å². The minimum absolute atomic E-state index is 0.148. The van der Waals surface area contributed by atoms with Crippen molar-refractivity contribution in [2.75, 3.05) is 6.79 Å². The van der Waals surface area contributed by atoms with Gasteiger partial charge in [0.15, 0.2) is 11.5 Å². The first-order valence-electron chi connectivity index (χ1n) is 10.6. The van der Waals surface area contributed by atoms with Gasteiger partial charge in [0.25, 0.3) is 5.95 Å². The van der Waals surface area contributed by atoms with Gasteiger partial charge in [0.2, 0.25) is 12.7 Å². The topological polar surface area (TPSA) is 97.6 Å². The first-order valence-corrected chi connectivity index (χ1v) is 10.6. The highest BCUT2D eigenvalue weighted by molar-refractivity contribution is 5.72. The highest BCUT2D eigenvalue weighted by Gasteiger charge is 2.22. The molecule has 0 fully saturated rings. The van der Waals surface area contributed by atoms with E-state index < -0.39 is 11.8 Å². The van der Waals surface area contributed by atoms with Crippen LogP contribution in [0.2, 0.25) is 0 Å². The number of aromatic nitrogens is 4. The maximum atomic E-state index is 12.3. The fraction of sp³-hybridized carbons (Fsp3) is 0.200. The summed E-state index contributed by atoms with van der Waals surface area (Å²) >= 11 is 0. The average molecular weight is 458 g/mol. The molecule has 0 aliphatic carbocycles. The third kappa shape index (κ3) is 4.54. The number of nitrogens with zero attached hydrogens (tertiary/aromatic N) is 4. The summed E-state index contributed by atoms with van der Waals surface area (Å²) < 4.78 is 23.0. The predicted octanol–water partition coefficient (Wildman–Crippen LogP) is 5.04. The number of benzene rings is 2. The normalized spacial score (nSPS) is 12.4. The molecule has 34 heavy (non-hydrogen) atoms. The maximum absolute atomic E-state index is 12.3. The quantitative estimate of drug-likeness (QED) is 0.393. The van der Waals surface area contributed by atoms with Crippen LogP contribution in [0.4, 0.5) is 4.79 Å². The van der Waals surface area contributed by atoms with E-state index in [0.717, 1.165) is 28.2 Å². The van der Waals surface area contributed by atoms with Gasteiger partial charge in [-0.2, -0.15) is 9.78 Å². The molecule has 0 unspecified atom stereocenters. The number of carbonyl (C=O) groups is 1. The van der Waals surface area contributed by atoms with Crippen LogP contribution in [0.15, 0.2) is 67.0 Å². The number of carbonyl (C=O) groups excluding carboxylic acids is 1. The molecule has 2 aromatic carbocycles. The van der Waals surface area contributed by atoms with E-state index >= 15 is 0 Å². The summed E-state index contributed by atoms with van der Waals surface area (Å²) in [6.45, 7) is 5.52. The largest absolute Gasteiger partial charge is 0.515 e. The Hall–Kier alpha value is -4.40. The summed E-state index contributed by atoms with van der Waals surface area (Å²) in [4.78, 5) is 20.7. The zero-order valence-electron chi connectivity index (χ0n) is 18.9. The molecule has 0 N–H and O–H groups in total. The van der Waals surface area contributed by atoms with Crippen LogP contribution in [0.1, 0.15) is 20.8 Å². The number of fused-ring (bicyclic) bond motifs is 1. The number of hydrogen-bond donors (Lipinski definition) is 0. The molecule has 3 heterocycles. The van der Waals surface area contributed by atoms with Crippen molar-refractivity contribution in [3.8, 4) is 45.7 Å². The second-order valence-corrected chi connectivity index (χ2v) is 8.54. The molecule has 0 atom stereocenters. The van der Waals surface area contributed by atoms with Crippen LogP contribution in [0.5, 0.6) is 17.4 Å². The van der Waals surface area contributed by atoms with Gasteiger partial charge < -0.3 is 18.9 Å². The SMILES string of the molecule is CC(C)(C)OC(=O)Oc1cc(-c2ccc(-c3ccc4c(c3)OCO4)cc2)nn1-c1ncccn1. The van der Waals surface area contributed by atoms with E-state index in [4.69, 9.17) is 18.9 Å². The third-order valence-electron chi connectivity index (χ3n) is 4.88. The van der Waals surface area contributed by atoms with Gasteiger partial charge in [0, 0.05) is 24.0 Å². The number of rotatable bonds is 4. The van der Waals surface area contributed by atoms with Crippen LogP contribution in [-0.4, -0.2) is 38.3 Å². The monoisotopic (exact) mass is 458 g/mol. The summed E-state index contributed by atoms with van der Waals surface area (Å²) in [5, 5.41) is 4.57. The molecular formula is C25H22N4O5. The summed E-state index contributed by atoms with van der Waals surface area (Å²) in [6.07, 6.45) is 2.33. The van der Waals surface area contributed by atoms with E-state index in [2.05, 4.69) is 15.1 Å². The lowest BCUT2D eigenvalue weighted by Crippen LogP contribution is -2.26. The van der Waals surface area contributed by atoms with Crippen LogP contribution in [0.25, 0.3) is 28.3 Å². The smallest absolute Gasteiger partial charge is 0.454 e. The Bertz CT molecular complexity index is 1330. The van der Waals surface area contributed by atoms with Crippen molar-refractivity contribution >= 4 is 6.16 Å². The van der Waals surface area contributed by atoms with E-state index in [1.807, 2.05) is 42.5 Å². The van der Waals surface area contributed by atoms with Gasteiger partial charge in [-0.25, -0.2) is 14.8 Å². The van der Waals surface area contributed by atoms with Crippen molar-refractivity contribution in [3.05, 3.63) is 67.0 Å². The maximum Gasteiger partial charge on any atom is 0.515 e. The molecule has 0 bridgehead atoms. The standard InChI is InChI=1S/C25H22N4O5/c1-25(2,3)34-24(30)33-22-14-19(28-29(22)23-26-11-4-12-27-23)17-7-5-16(6-8-17)18-9-10-20-21(13-18)32-15-31-20/h4-14H,15H2,1-3H3. The molecule has 0 spiro atoms. The average Bonchev–Trinajstić information content (AvgIpc) is 3.45. The van der Waals surface area contributed by atoms with Gasteiger partial charge in [-0.05, 0) is 50.1 Å². The van der Waals surface area contributed by atoms with Gasteiger partial charge in [-0.3, -0.25) is 0 Å². The van der Waals surface area contributed by atoms with Crippen LogP contribution >= 0.6 is 0 Å². The second-order valence-electron chi connectivity index (χ2n) is 8.54. The number of ether oxygens (including phenoxy) is 4. The Kier molecular flexibility index (Phi) is 5.37. The van der Waals surface area contributed by atoms with E-state index in [9.17, 15) is 4.79 Å². The lowest BCUT2D eigenvalue weighted by Gasteiger charge is -2.18. The van der Waals surface area contributed by atoms with E-state index in [0.29, 0.717) is 5.69 Å². The minimum Gasteiger partial charge on any atom is -0.454 e. The molecule has 0 saturated heterocycles. The lowest BCUT2D eigenvalue weighted by atomic mass is 10.0. The predicted molar refractivity (Wildman–Crippen MR) is 123 cm³/mol. The van der Waals surface area contributed by atoms with Crippen LogP contribution in [0.3, 0.4) is 0 Å². The number of hydrogen-bond acceptors (Lipinski definition) is 8. The van der Waals surface area contributed by atoms with Crippen LogP contribution in [-0.2, 0) is 4.74 Å². The van der Waals surface area contributed by atoms with Crippen LogP contribution < -0.4 is 14.2 Å². The molecule has 0 radical (unpaired) electrons. The molecule has 9 nitrogen and oxygen atoms in total. The molecule has 4 aromatic rings. The van der Waals surface area contributed by atoms with Crippen molar-refractivity contribution < 1.29 is 23.7 Å². The Morgan fingerprint density at radius 2 is 1.59 bits per heavy atom. The zero-order chi connectivity index (χ0) is 23.7. The van der Waals surface area contributed by atoms with Gasteiger partial charge in [0.05, 0.1) is 5.69 Å². The van der Waals surface area contributed by atoms with Crippen molar-refractivity contribution in [1.82, 2.24) is 19.7 Å². The molecule has 9 heteroatoms. The summed E-state index contributed by atoms with van der Waals surface area (Å²) in [5.41, 5.74) is 2.74. The molecule has 1 aliphatic heterocycles. The molecule has 5 rings (SSSR count). The Morgan fingerprint density at radius 3 is 2.32 bits per heavy atom. The van der Waals surface area contributed by atoms with Gasteiger partial charge >= 0.3 is 6.16 Å². The fourth-order valence-corrected chi connectivity index (χ4v) is 3.39. The molecule has 2 aromatic heterocycles. The lowest BCUT2D eigenvalue weighted by molar-refractivity contribution is 0.0191. The first kappa shape index (κ1) is 21.4. The first-order chi connectivity index (χ1) is 16.4. The Morgan fingerprint density at radius 1 is 0.912 bits per heavy atom. The van der Waals surface area contributed by atoms with Crippen LogP contribution in [0, 0.1) is 0 Å². The Balaban J connectivity index is 1.45. The van der Waals surface area contributed by atoms with Gasteiger partial charge in [0.1, 0.15) is 5.60 Å². The molecule has 0 saturated carbocycles. The minimum atomic E-state index is -0.839. The second kappa shape index (κ2) is 8.51. The summed E-state index contributed by atoms with van der Waals surface area (Å²) in [5.74, 6) is 1.89. The zero-order valence-corrected chi connectivity index (χ0v) is 18.9. The van der Waals surface area contributed by atoms with E-state index in [-0.39, 0.29) is 18.6 Å². The van der Waals surface area contributed by atoms with Crippen molar-refractivity contribution in [2.45, 2.75) is 26.4 Å². The van der Waals surface area contributed by atoms with E-state index in [1.165, 1.54) is 4.68 Å². The van der Waals surface area contributed by atoms with Crippen molar-refractivity contribution in [1.29, 1.82) is 0 Å². The molecule has 0 amide bonds. The highest BCUT2D eigenvalue weighted by Crippen LogP contribution is 2.36. The Labute approximate surface area is 195 Å². The van der Waals surface area contributed by atoms with Crippen molar-refractivity contribution in [2.24, 2.45) is 0 Å². The van der Waals surface area contributed by atoms with Gasteiger partial charge in [-0.15, -0.1) is 0 Å². The molecular weight excluding hydrogens is 436 g/mol. The third-order valence-corrected chi connectivity index (χ3v) is 4.88. The highest BCUT2D eigenvalue weighted by atomic mass is 16.7. The summed E-state index contributed by atoms with van der Waals surface area (Å²) in [6, 6.07) is 17.0. The van der Waals surface area contributed by atoms with E-state index in [1.54, 1.807) is 45.3 Å².